The summed E-state index contributed by atoms with van der Waals surface area (Å²) in [5.74, 6) is -1.06. The molecule has 7 heteroatoms. The normalized spacial score (nSPS) is 23.8. The van der Waals surface area contributed by atoms with E-state index in [1.54, 1.807) is 24.0 Å². The molecule has 1 saturated carbocycles. The molecule has 2 fully saturated rings. The number of carbonyl (C=O) groups excluding carboxylic acids is 1. The van der Waals surface area contributed by atoms with Gasteiger partial charge in [-0.25, -0.2) is 4.79 Å². The molecule has 7 nitrogen and oxygen atoms in total. The van der Waals surface area contributed by atoms with Crippen molar-refractivity contribution in [2.75, 3.05) is 13.1 Å². The molecule has 0 radical (unpaired) electrons. The second-order valence-corrected chi connectivity index (χ2v) is 7.81. The zero-order valence-electron chi connectivity index (χ0n) is 14.8. The average molecular weight is 357 g/mol. The Morgan fingerprint density at radius 1 is 1.27 bits per heavy atom. The second-order valence-electron chi connectivity index (χ2n) is 7.81. The number of nitrogens with zero attached hydrogens (tertiary/aromatic N) is 2. The molecule has 138 valence electrons. The third-order valence-electron chi connectivity index (χ3n) is 5.93. The number of carboxylic acids is 1. The molecule has 4 rings (SSSR count). The van der Waals surface area contributed by atoms with Gasteiger partial charge in [0, 0.05) is 24.7 Å². The van der Waals surface area contributed by atoms with Crippen LogP contribution in [0.2, 0.25) is 0 Å². The number of amides is 1. The van der Waals surface area contributed by atoms with Gasteiger partial charge in [0.1, 0.15) is 0 Å². The predicted octanol–water partition coefficient (Wildman–Crippen LogP) is 2.38. The molecule has 1 unspecified atom stereocenters. The molecular weight excluding hydrogens is 334 g/mol. The maximum Gasteiger partial charge on any atom is 0.326 e. The summed E-state index contributed by atoms with van der Waals surface area (Å²) in [4.78, 5) is 41.0. The summed E-state index contributed by atoms with van der Waals surface area (Å²) in [6.45, 7) is 2.31. The Labute approximate surface area is 150 Å². The highest BCUT2D eigenvalue weighted by Crippen LogP contribution is 2.32. The molecule has 1 atom stereocenters. The van der Waals surface area contributed by atoms with Gasteiger partial charge in [-0.1, -0.05) is 12.8 Å². The lowest BCUT2D eigenvalue weighted by Crippen LogP contribution is -2.34. The Hall–Kier alpha value is -2.57. The van der Waals surface area contributed by atoms with E-state index in [1.165, 1.54) is 0 Å². The molecule has 2 N–H and O–H groups in total. The molecule has 2 heterocycles. The molecule has 26 heavy (non-hydrogen) atoms. The molecule has 2 aliphatic rings. The molecule has 1 aliphatic heterocycles. The van der Waals surface area contributed by atoms with Crippen LogP contribution in [0.15, 0.2) is 23.0 Å². The Kier molecular flexibility index (Phi) is 3.89. The highest BCUT2D eigenvalue weighted by molar-refractivity contribution is 5.98. The maximum absolute atomic E-state index is 12.8. The van der Waals surface area contributed by atoms with Crippen LogP contribution < -0.4 is 5.69 Å². The quantitative estimate of drug-likeness (QED) is 0.882. The van der Waals surface area contributed by atoms with Crippen molar-refractivity contribution in [1.82, 2.24) is 14.5 Å². The SMILES string of the molecule is CC1(C(=O)O)CCN(C(=O)c2ccc3c(c2)[nH]c(=O)n3C2CCCC2)C1. The van der Waals surface area contributed by atoms with E-state index in [4.69, 9.17) is 0 Å². The van der Waals surface area contributed by atoms with E-state index < -0.39 is 11.4 Å². The van der Waals surface area contributed by atoms with Crippen molar-refractivity contribution in [3.05, 3.63) is 34.2 Å². The van der Waals surface area contributed by atoms with E-state index in [0.29, 0.717) is 24.0 Å². The number of hydrogen-bond donors (Lipinski definition) is 2. The zero-order chi connectivity index (χ0) is 18.5. The lowest BCUT2D eigenvalue weighted by atomic mass is 9.90. The van der Waals surface area contributed by atoms with Crippen LogP contribution >= 0.6 is 0 Å². The Bertz CT molecular complexity index is 938. The third kappa shape index (κ3) is 2.62. The molecule has 2 aromatic rings. The predicted molar refractivity (Wildman–Crippen MR) is 96.3 cm³/mol. The Balaban J connectivity index is 1.63. The number of aromatic nitrogens is 2. The fraction of sp³-hybridized carbons (Fsp3) is 0.526. The lowest BCUT2D eigenvalue weighted by molar-refractivity contribution is -0.147. The van der Waals surface area contributed by atoms with E-state index in [2.05, 4.69) is 4.98 Å². The van der Waals surface area contributed by atoms with E-state index in [-0.39, 0.29) is 24.2 Å². The second kappa shape index (κ2) is 6.00. The first-order valence-electron chi connectivity index (χ1n) is 9.16. The smallest absolute Gasteiger partial charge is 0.326 e. The van der Waals surface area contributed by atoms with E-state index in [0.717, 1.165) is 31.2 Å². The minimum absolute atomic E-state index is 0.129. The van der Waals surface area contributed by atoms with Gasteiger partial charge in [-0.2, -0.15) is 0 Å². The average Bonchev–Trinajstić information content (AvgIpc) is 3.31. The van der Waals surface area contributed by atoms with E-state index in [1.807, 2.05) is 10.6 Å². The van der Waals surface area contributed by atoms with Crippen LogP contribution in [0.3, 0.4) is 0 Å². The molecule has 1 saturated heterocycles. The molecule has 1 aromatic heterocycles. The van der Waals surface area contributed by atoms with Crippen LogP contribution in [-0.2, 0) is 4.79 Å². The highest BCUT2D eigenvalue weighted by atomic mass is 16.4. The first-order valence-corrected chi connectivity index (χ1v) is 9.16. The monoisotopic (exact) mass is 357 g/mol. The number of carbonyl (C=O) groups is 2. The van der Waals surface area contributed by atoms with Gasteiger partial charge in [0.2, 0.25) is 0 Å². The summed E-state index contributed by atoms with van der Waals surface area (Å²) in [7, 11) is 0. The van der Waals surface area contributed by atoms with Gasteiger partial charge in [-0.3, -0.25) is 14.2 Å². The van der Waals surface area contributed by atoms with Crippen molar-refractivity contribution in [2.24, 2.45) is 5.41 Å². The Morgan fingerprint density at radius 3 is 2.65 bits per heavy atom. The van der Waals surface area contributed by atoms with Crippen LogP contribution in [0.5, 0.6) is 0 Å². The molecule has 1 aliphatic carbocycles. The number of imidazole rings is 1. The number of likely N-dealkylation sites (tertiary alicyclic amines) is 1. The van der Waals surface area contributed by atoms with Crippen molar-refractivity contribution in [3.8, 4) is 0 Å². The summed E-state index contributed by atoms with van der Waals surface area (Å²) >= 11 is 0. The number of hydrogen-bond acceptors (Lipinski definition) is 3. The number of nitrogens with one attached hydrogen (secondary N) is 1. The molecular formula is C19H23N3O4. The number of fused-ring (bicyclic) bond motifs is 1. The van der Waals surface area contributed by atoms with Crippen molar-refractivity contribution in [2.45, 2.75) is 45.1 Å². The molecule has 0 spiro atoms. The van der Waals surface area contributed by atoms with Gasteiger partial charge < -0.3 is 15.0 Å². The van der Waals surface area contributed by atoms with E-state index >= 15 is 0 Å². The molecule has 1 aromatic carbocycles. The Morgan fingerprint density at radius 2 is 2.00 bits per heavy atom. The zero-order valence-corrected chi connectivity index (χ0v) is 14.8. The number of rotatable bonds is 3. The number of carboxylic acid groups (broad SMARTS) is 1. The van der Waals surface area contributed by atoms with Crippen molar-refractivity contribution in [1.29, 1.82) is 0 Å². The summed E-state index contributed by atoms with van der Waals surface area (Å²) in [6.07, 6.45) is 4.74. The van der Waals surface area contributed by atoms with Gasteiger partial charge >= 0.3 is 11.7 Å². The summed E-state index contributed by atoms with van der Waals surface area (Å²) in [5.41, 5.74) is 0.950. The maximum atomic E-state index is 12.8. The van der Waals surface area contributed by atoms with Crippen molar-refractivity contribution < 1.29 is 14.7 Å². The largest absolute Gasteiger partial charge is 0.481 e. The standard InChI is InChI=1S/C19H23N3O4/c1-19(17(24)25)8-9-21(11-19)16(23)12-6-7-15-14(10-12)20-18(26)22(15)13-4-2-3-5-13/h6-7,10,13H,2-5,8-9,11H2,1H3,(H,20,26)(H,24,25). The first kappa shape index (κ1) is 16.9. The highest BCUT2D eigenvalue weighted by Gasteiger charge is 2.42. The minimum atomic E-state index is -0.889. The van der Waals surface area contributed by atoms with Crippen LogP contribution in [0.25, 0.3) is 11.0 Å². The third-order valence-corrected chi connectivity index (χ3v) is 5.93. The summed E-state index contributed by atoms with van der Waals surface area (Å²) in [5, 5.41) is 9.34. The fourth-order valence-electron chi connectivity index (χ4n) is 4.28. The number of H-pyrrole nitrogens is 1. The number of benzene rings is 1. The van der Waals surface area contributed by atoms with Gasteiger partial charge in [0.15, 0.2) is 0 Å². The topological polar surface area (TPSA) is 95.4 Å². The fourth-order valence-corrected chi connectivity index (χ4v) is 4.28. The van der Waals surface area contributed by atoms with Gasteiger partial charge in [-0.05, 0) is 44.4 Å². The molecule has 0 bridgehead atoms. The summed E-state index contributed by atoms with van der Waals surface area (Å²) in [6, 6.07) is 5.50. The van der Waals surface area contributed by atoms with Gasteiger partial charge in [0.05, 0.1) is 16.4 Å². The van der Waals surface area contributed by atoms with Crippen LogP contribution in [-0.4, -0.2) is 44.5 Å². The van der Waals surface area contributed by atoms with E-state index in [9.17, 15) is 19.5 Å². The first-order chi connectivity index (χ1) is 12.4. The number of aromatic amines is 1. The lowest BCUT2D eigenvalue weighted by Gasteiger charge is -2.20. The summed E-state index contributed by atoms with van der Waals surface area (Å²) < 4.78 is 1.81. The van der Waals surface area contributed by atoms with Gasteiger partial charge in [-0.15, -0.1) is 0 Å². The van der Waals surface area contributed by atoms with Crippen LogP contribution in [0.4, 0.5) is 0 Å². The minimum Gasteiger partial charge on any atom is -0.481 e. The van der Waals surface area contributed by atoms with Crippen LogP contribution in [0, 0.1) is 5.41 Å². The number of aliphatic carboxylic acids is 1. The molecule has 1 amide bonds. The van der Waals surface area contributed by atoms with Crippen LogP contribution in [0.1, 0.15) is 55.4 Å². The van der Waals surface area contributed by atoms with Crippen molar-refractivity contribution >= 4 is 22.9 Å². The van der Waals surface area contributed by atoms with Crippen molar-refractivity contribution in [3.63, 3.8) is 0 Å². The van der Waals surface area contributed by atoms with Gasteiger partial charge in [0.25, 0.3) is 5.91 Å².